The quantitative estimate of drug-likeness (QED) is 0.833. The van der Waals surface area contributed by atoms with Gasteiger partial charge in [-0.15, -0.1) is 0 Å². The molecule has 0 spiro atoms. The minimum absolute atomic E-state index is 0.102. The molecule has 0 aliphatic carbocycles. The molecular weight excluding hydrogens is 367 g/mol. The van der Waals surface area contributed by atoms with Gasteiger partial charge in [-0.05, 0) is 50.1 Å². The first kappa shape index (κ1) is 17.7. The van der Waals surface area contributed by atoms with E-state index >= 15 is 0 Å². The first-order chi connectivity index (χ1) is 11.3. The highest BCUT2D eigenvalue weighted by atomic mass is 35.5. The largest absolute Gasteiger partial charge is 0.444 e. The summed E-state index contributed by atoms with van der Waals surface area (Å²) >= 11 is 13.5. The van der Waals surface area contributed by atoms with Gasteiger partial charge in [-0.2, -0.15) is 0 Å². The van der Waals surface area contributed by atoms with Gasteiger partial charge >= 0.3 is 0 Å². The predicted molar refractivity (Wildman–Crippen MR) is 97.0 cm³/mol. The number of nitrogens with zero attached hydrogens (tertiary/aromatic N) is 1. The van der Waals surface area contributed by atoms with E-state index in [4.69, 9.17) is 33.4 Å². The summed E-state index contributed by atoms with van der Waals surface area (Å²) in [6.07, 6.45) is 1.58. The molecule has 2 heterocycles. The van der Waals surface area contributed by atoms with Gasteiger partial charge in [0.25, 0.3) is 5.91 Å². The fourth-order valence-corrected chi connectivity index (χ4v) is 3.84. The molecule has 128 valence electrons. The van der Waals surface area contributed by atoms with E-state index in [1.54, 1.807) is 35.2 Å². The Morgan fingerprint density at radius 1 is 1.25 bits per heavy atom. The van der Waals surface area contributed by atoms with E-state index in [-0.39, 0.29) is 11.4 Å². The maximum Gasteiger partial charge on any atom is 0.289 e. The molecule has 0 unspecified atom stereocenters. The number of furan rings is 1. The molecule has 1 aliphatic rings. The van der Waals surface area contributed by atoms with Gasteiger partial charge in [-0.25, -0.2) is 0 Å². The van der Waals surface area contributed by atoms with Gasteiger partial charge in [0, 0.05) is 28.5 Å². The lowest BCUT2D eigenvalue weighted by molar-refractivity contribution is 0.0643. The zero-order chi connectivity index (χ0) is 17.3. The lowest BCUT2D eigenvalue weighted by Crippen LogP contribution is -2.49. The molecule has 1 aromatic heterocycles. The van der Waals surface area contributed by atoms with Crippen LogP contribution in [0.1, 0.15) is 30.3 Å². The molecule has 4 nitrogen and oxygen atoms in total. The van der Waals surface area contributed by atoms with Gasteiger partial charge in [-0.3, -0.25) is 4.79 Å². The zero-order valence-corrected chi connectivity index (χ0v) is 15.5. The van der Waals surface area contributed by atoms with Crippen molar-refractivity contribution in [2.45, 2.75) is 35.3 Å². The zero-order valence-electron chi connectivity index (χ0n) is 13.2. The third kappa shape index (κ3) is 4.09. The number of rotatable bonds is 3. The van der Waals surface area contributed by atoms with Crippen LogP contribution in [0.25, 0.3) is 0 Å². The minimum atomic E-state index is -0.190. The fraction of sp³-hybridized carbons (Fsp3) is 0.353. The van der Waals surface area contributed by atoms with Gasteiger partial charge in [0.05, 0.1) is 5.02 Å². The Hall–Kier alpha value is -1.14. The van der Waals surface area contributed by atoms with Crippen molar-refractivity contribution in [2.75, 3.05) is 13.1 Å². The van der Waals surface area contributed by atoms with E-state index in [0.29, 0.717) is 34.0 Å². The van der Waals surface area contributed by atoms with Crippen molar-refractivity contribution in [1.29, 1.82) is 0 Å². The first-order valence-electron chi connectivity index (χ1n) is 7.65. The molecule has 0 bridgehead atoms. The molecule has 1 amide bonds. The molecule has 0 atom stereocenters. The van der Waals surface area contributed by atoms with E-state index in [1.165, 1.54) is 11.8 Å². The second-order valence-electron chi connectivity index (χ2n) is 6.24. The molecule has 0 saturated carbocycles. The monoisotopic (exact) mass is 384 g/mol. The van der Waals surface area contributed by atoms with E-state index in [2.05, 4.69) is 0 Å². The smallest absolute Gasteiger partial charge is 0.289 e. The summed E-state index contributed by atoms with van der Waals surface area (Å²) in [6, 6.07) is 8.70. The van der Waals surface area contributed by atoms with Crippen molar-refractivity contribution in [1.82, 2.24) is 4.90 Å². The second-order valence-corrected chi connectivity index (χ2v) is 8.13. The number of hydrogen-bond donors (Lipinski definition) is 1. The summed E-state index contributed by atoms with van der Waals surface area (Å²) in [6.45, 7) is 3.31. The molecule has 7 heteroatoms. The van der Waals surface area contributed by atoms with Crippen molar-refractivity contribution in [3.63, 3.8) is 0 Å². The van der Waals surface area contributed by atoms with Crippen LogP contribution in [0.4, 0.5) is 0 Å². The molecule has 0 radical (unpaired) electrons. The van der Waals surface area contributed by atoms with Crippen molar-refractivity contribution in [2.24, 2.45) is 5.73 Å². The van der Waals surface area contributed by atoms with Crippen molar-refractivity contribution in [3.05, 3.63) is 46.1 Å². The van der Waals surface area contributed by atoms with Crippen LogP contribution < -0.4 is 5.73 Å². The number of piperidine rings is 1. The Morgan fingerprint density at radius 3 is 2.67 bits per heavy atom. The fourth-order valence-electron chi connectivity index (χ4n) is 2.53. The van der Waals surface area contributed by atoms with Crippen molar-refractivity contribution >= 4 is 40.9 Å². The maximum atomic E-state index is 12.5. The SMILES string of the molecule is CC1(N)CCN(C(=O)c2ccc(Sc3cc(Cl)ccc3Cl)o2)CC1. The van der Waals surface area contributed by atoms with Gasteiger partial charge in [0.2, 0.25) is 0 Å². The highest BCUT2D eigenvalue weighted by molar-refractivity contribution is 7.99. The molecule has 2 aromatic rings. The average Bonchev–Trinajstić information content (AvgIpc) is 2.99. The number of amides is 1. The van der Waals surface area contributed by atoms with Gasteiger partial charge in [0.15, 0.2) is 10.9 Å². The number of carbonyl (C=O) groups excluding carboxylic acids is 1. The third-order valence-corrected chi connectivity index (χ3v) is 5.74. The summed E-state index contributed by atoms with van der Waals surface area (Å²) < 4.78 is 5.69. The standard InChI is InChI=1S/C17H18Cl2N2O2S/c1-17(20)6-8-21(9-7-17)16(22)13-4-5-15(23-13)24-14-10-11(18)2-3-12(14)19/h2-5,10H,6-9,20H2,1H3. The number of likely N-dealkylation sites (tertiary alicyclic amines) is 1. The van der Waals surface area contributed by atoms with Crippen LogP contribution in [0.5, 0.6) is 0 Å². The molecular formula is C17H18Cl2N2O2S. The molecule has 3 rings (SSSR count). The van der Waals surface area contributed by atoms with Crippen LogP contribution in [0.15, 0.2) is 44.7 Å². The van der Waals surface area contributed by atoms with Crippen LogP contribution in [-0.4, -0.2) is 29.4 Å². The number of halogens is 2. The van der Waals surface area contributed by atoms with E-state index in [9.17, 15) is 4.79 Å². The Labute approximate surface area is 155 Å². The Morgan fingerprint density at radius 2 is 1.96 bits per heavy atom. The molecule has 2 N–H and O–H groups in total. The van der Waals surface area contributed by atoms with Gasteiger partial charge < -0.3 is 15.1 Å². The topological polar surface area (TPSA) is 59.5 Å². The van der Waals surface area contributed by atoms with Crippen LogP contribution in [-0.2, 0) is 0 Å². The molecule has 1 aromatic carbocycles. The van der Waals surface area contributed by atoms with Gasteiger partial charge in [0.1, 0.15) is 0 Å². The average molecular weight is 385 g/mol. The number of hydrogen-bond acceptors (Lipinski definition) is 4. The van der Waals surface area contributed by atoms with E-state index < -0.39 is 0 Å². The maximum absolute atomic E-state index is 12.5. The van der Waals surface area contributed by atoms with Crippen LogP contribution >= 0.6 is 35.0 Å². The summed E-state index contributed by atoms with van der Waals surface area (Å²) in [5, 5.41) is 1.79. The van der Waals surface area contributed by atoms with Crippen molar-refractivity contribution < 1.29 is 9.21 Å². The summed E-state index contributed by atoms with van der Waals surface area (Å²) in [5.74, 6) is 0.228. The minimum Gasteiger partial charge on any atom is -0.444 e. The first-order valence-corrected chi connectivity index (χ1v) is 9.22. The third-order valence-electron chi connectivity index (χ3n) is 4.09. The highest BCUT2D eigenvalue weighted by Gasteiger charge is 2.30. The number of benzene rings is 1. The van der Waals surface area contributed by atoms with Gasteiger partial charge in [-0.1, -0.05) is 35.0 Å². The number of nitrogens with two attached hydrogens (primary N) is 1. The van der Waals surface area contributed by atoms with E-state index in [0.717, 1.165) is 17.7 Å². The van der Waals surface area contributed by atoms with E-state index in [1.807, 2.05) is 6.92 Å². The second kappa shape index (κ2) is 7.00. The lowest BCUT2D eigenvalue weighted by atomic mass is 9.91. The molecule has 24 heavy (non-hydrogen) atoms. The lowest BCUT2D eigenvalue weighted by Gasteiger charge is -2.36. The Kier molecular flexibility index (Phi) is 5.16. The van der Waals surface area contributed by atoms with Crippen LogP contribution in [0.2, 0.25) is 10.0 Å². The Bertz CT molecular complexity index is 751. The van der Waals surface area contributed by atoms with Crippen LogP contribution in [0, 0.1) is 0 Å². The van der Waals surface area contributed by atoms with Crippen molar-refractivity contribution in [3.8, 4) is 0 Å². The normalized spacial score (nSPS) is 17.1. The molecule has 1 aliphatic heterocycles. The molecule has 1 fully saturated rings. The summed E-state index contributed by atoms with van der Waals surface area (Å²) in [5.41, 5.74) is 5.92. The highest BCUT2D eigenvalue weighted by Crippen LogP contribution is 2.36. The molecule has 1 saturated heterocycles. The number of carbonyl (C=O) groups is 1. The Balaban J connectivity index is 1.69. The summed E-state index contributed by atoms with van der Waals surface area (Å²) in [7, 11) is 0. The summed E-state index contributed by atoms with van der Waals surface area (Å²) in [4.78, 5) is 15.1. The van der Waals surface area contributed by atoms with Crippen LogP contribution in [0.3, 0.4) is 0 Å². The predicted octanol–water partition coefficient (Wildman–Crippen LogP) is 4.69.